The van der Waals surface area contributed by atoms with E-state index in [4.69, 9.17) is 4.74 Å². The number of para-hydroxylation sites is 1. The lowest BCUT2D eigenvalue weighted by Gasteiger charge is -2.35. The first-order valence-corrected chi connectivity index (χ1v) is 11.5. The van der Waals surface area contributed by atoms with Crippen molar-refractivity contribution in [2.24, 2.45) is 0 Å². The van der Waals surface area contributed by atoms with Crippen LogP contribution in [-0.2, 0) is 9.53 Å². The Kier molecular flexibility index (Phi) is 8.11. The lowest BCUT2D eigenvalue weighted by molar-refractivity contribution is -0.139. The van der Waals surface area contributed by atoms with E-state index in [0.29, 0.717) is 34.8 Å². The molecule has 2 aromatic carbocycles. The highest BCUT2D eigenvalue weighted by Gasteiger charge is 2.36. The summed E-state index contributed by atoms with van der Waals surface area (Å²) in [5, 5.41) is 8.48. The van der Waals surface area contributed by atoms with Gasteiger partial charge in [0, 0.05) is 22.4 Å². The van der Waals surface area contributed by atoms with Crippen LogP contribution >= 0.6 is 15.9 Å². The first-order chi connectivity index (χ1) is 15.8. The van der Waals surface area contributed by atoms with Gasteiger partial charge in [0.1, 0.15) is 0 Å². The number of carbonyl (C=O) groups is 3. The smallest absolute Gasteiger partial charge is 0.338 e. The number of esters is 1. The Morgan fingerprint density at radius 1 is 1.12 bits per heavy atom. The molecule has 0 saturated carbocycles. The third kappa shape index (κ3) is 5.73. The summed E-state index contributed by atoms with van der Waals surface area (Å²) in [6.45, 7) is 6.17. The lowest BCUT2D eigenvalue weighted by atomic mass is 9.94. The molecule has 1 aliphatic heterocycles. The number of halogens is 1. The fraction of sp³-hybridized carbons (Fsp3) is 0.292. The molecule has 0 spiro atoms. The van der Waals surface area contributed by atoms with E-state index in [0.717, 1.165) is 10.9 Å². The lowest BCUT2D eigenvalue weighted by Crippen LogP contribution is -2.48. The average Bonchev–Trinajstić information content (AvgIpc) is 2.78. The number of amides is 4. The highest BCUT2D eigenvalue weighted by atomic mass is 79.9. The Morgan fingerprint density at radius 3 is 2.58 bits per heavy atom. The predicted molar refractivity (Wildman–Crippen MR) is 131 cm³/mol. The van der Waals surface area contributed by atoms with E-state index in [2.05, 4.69) is 31.9 Å². The summed E-state index contributed by atoms with van der Waals surface area (Å²) in [5.74, 6) is -0.480. The maximum Gasteiger partial charge on any atom is 0.338 e. The molecule has 3 N–H and O–H groups in total. The summed E-state index contributed by atoms with van der Waals surface area (Å²) < 4.78 is 6.04. The van der Waals surface area contributed by atoms with Crippen molar-refractivity contribution in [1.29, 1.82) is 0 Å². The average molecular weight is 515 g/mol. The number of anilines is 2. The van der Waals surface area contributed by atoms with Crippen LogP contribution < -0.4 is 16.0 Å². The van der Waals surface area contributed by atoms with Crippen LogP contribution in [-0.4, -0.2) is 36.1 Å². The summed E-state index contributed by atoms with van der Waals surface area (Å²) >= 11 is 3.40. The highest BCUT2D eigenvalue weighted by Crippen LogP contribution is 2.32. The number of hydrogen-bond acceptors (Lipinski definition) is 4. The molecule has 9 heteroatoms. The highest BCUT2D eigenvalue weighted by molar-refractivity contribution is 9.10. The molecule has 0 aliphatic carbocycles. The summed E-state index contributed by atoms with van der Waals surface area (Å²) in [7, 11) is 0. The summed E-state index contributed by atoms with van der Waals surface area (Å²) in [6.07, 6.45) is 0.748. The van der Waals surface area contributed by atoms with Crippen LogP contribution in [0.3, 0.4) is 0 Å². The summed E-state index contributed by atoms with van der Waals surface area (Å²) in [4.78, 5) is 39.6. The molecule has 4 amide bonds. The molecule has 1 heterocycles. The molecule has 0 radical (unpaired) electrons. The van der Waals surface area contributed by atoms with Gasteiger partial charge in [-0.1, -0.05) is 31.2 Å². The Bertz CT molecular complexity index is 1090. The summed E-state index contributed by atoms with van der Waals surface area (Å²) in [6, 6.07) is 12.9. The van der Waals surface area contributed by atoms with Crippen LogP contribution in [0.4, 0.5) is 21.0 Å². The van der Waals surface area contributed by atoms with E-state index >= 15 is 0 Å². The molecule has 33 heavy (non-hydrogen) atoms. The van der Waals surface area contributed by atoms with Crippen molar-refractivity contribution in [1.82, 2.24) is 10.2 Å². The first-order valence-electron chi connectivity index (χ1n) is 10.7. The molecule has 0 aromatic heterocycles. The number of ether oxygens (including phenoxy) is 1. The van der Waals surface area contributed by atoms with Gasteiger partial charge in [0.2, 0.25) is 0 Å². The normalized spacial score (nSPS) is 15.7. The maximum atomic E-state index is 12.8. The monoisotopic (exact) mass is 514 g/mol. The van der Waals surface area contributed by atoms with E-state index in [9.17, 15) is 14.4 Å². The molecular weight excluding hydrogens is 488 g/mol. The van der Waals surface area contributed by atoms with E-state index < -0.39 is 18.0 Å². The molecule has 0 saturated heterocycles. The van der Waals surface area contributed by atoms with Crippen molar-refractivity contribution in [2.75, 3.05) is 23.8 Å². The zero-order valence-electron chi connectivity index (χ0n) is 18.8. The van der Waals surface area contributed by atoms with Gasteiger partial charge in [0.25, 0.3) is 0 Å². The molecule has 3 rings (SSSR count). The molecular formula is C24H27BrN4O4. The molecule has 2 aromatic rings. The van der Waals surface area contributed by atoms with Crippen molar-refractivity contribution in [3.05, 3.63) is 69.8 Å². The Balaban J connectivity index is 1.87. The number of benzene rings is 2. The number of nitrogens with zero attached hydrogens (tertiary/aromatic N) is 1. The molecule has 0 fully saturated rings. The number of hydrogen-bond donors (Lipinski definition) is 3. The van der Waals surface area contributed by atoms with Gasteiger partial charge in [-0.15, -0.1) is 0 Å². The summed E-state index contributed by atoms with van der Waals surface area (Å²) in [5.41, 5.74) is 2.74. The first kappa shape index (κ1) is 24.3. The fourth-order valence-electron chi connectivity index (χ4n) is 3.64. The zero-order valence-corrected chi connectivity index (χ0v) is 20.4. The SMILES string of the molecule is CCCN1C(=O)N[C@@H](c2cccc(NC(=O)Nc3ccccc3Br)c2)C(C(=O)OCC)=C1C. The number of carbonyl (C=O) groups excluding carboxylic acids is 3. The third-order valence-corrected chi connectivity index (χ3v) is 5.83. The van der Waals surface area contributed by atoms with Crippen molar-refractivity contribution in [2.45, 2.75) is 33.2 Å². The fourth-order valence-corrected chi connectivity index (χ4v) is 4.02. The molecule has 1 aliphatic rings. The Labute approximate surface area is 201 Å². The predicted octanol–water partition coefficient (Wildman–Crippen LogP) is 5.41. The molecule has 174 valence electrons. The van der Waals surface area contributed by atoms with Gasteiger partial charge in [-0.05, 0) is 66.0 Å². The molecule has 0 unspecified atom stereocenters. The number of rotatable bonds is 7. The number of nitrogens with one attached hydrogen (secondary N) is 3. The van der Waals surface area contributed by atoms with Crippen molar-refractivity contribution >= 4 is 45.3 Å². The van der Waals surface area contributed by atoms with Crippen LogP contribution in [0.25, 0.3) is 0 Å². The third-order valence-electron chi connectivity index (χ3n) is 5.14. The molecule has 1 atom stereocenters. The second kappa shape index (κ2) is 11.0. The van der Waals surface area contributed by atoms with Crippen LogP contribution in [0.2, 0.25) is 0 Å². The van der Waals surface area contributed by atoms with Gasteiger partial charge in [-0.25, -0.2) is 14.4 Å². The van der Waals surface area contributed by atoms with E-state index in [1.54, 1.807) is 49.1 Å². The van der Waals surface area contributed by atoms with Crippen LogP contribution in [0, 0.1) is 0 Å². The Hall–Kier alpha value is -3.33. The van der Waals surface area contributed by atoms with Gasteiger partial charge < -0.3 is 20.7 Å². The minimum Gasteiger partial charge on any atom is -0.463 e. The molecule has 0 bridgehead atoms. The number of allylic oxidation sites excluding steroid dienone is 1. The Morgan fingerprint density at radius 2 is 1.88 bits per heavy atom. The maximum absolute atomic E-state index is 12.8. The van der Waals surface area contributed by atoms with Gasteiger partial charge in [-0.3, -0.25) is 4.90 Å². The van der Waals surface area contributed by atoms with Crippen LogP contribution in [0.15, 0.2) is 64.3 Å². The standard InChI is InChI=1S/C24H27BrN4O4/c1-4-13-29-15(3)20(22(30)33-5-2)21(28-24(29)32)16-9-8-10-17(14-16)26-23(31)27-19-12-7-6-11-18(19)25/h6-12,14,21H,4-5,13H2,1-3H3,(H,28,32)(H2,26,27,31)/t21-/m0/s1. The van der Waals surface area contributed by atoms with Gasteiger partial charge in [0.15, 0.2) is 0 Å². The van der Waals surface area contributed by atoms with Gasteiger partial charge in [0.05, 0.1) is 23.9 Å². The van der Waals surface area contributed by atoms with Crippen molar-refractivity contribution in [3.8, 4) is 0 Å². The minimum absolute atomic E-state index is 0.223. The van der Waals surface area contributed by atoms with Crippen molar-refractivity contribution in [3.63, 3.8) is 0 Å². The second-order valence-electron chi connectivity index (χ2n) is 7.44. The van der Waals surface area contributed by atoms with E-state index in [1.165, 1.54) is 0 Å². The van der Waals surface area contributed by atoms with E-state index in [-0.39, 0.29) is 12.6 Å². The van der Waals surface area contributed by atoms with Crippen LogP contribution in [0.1, 0.15) is 38.8 Å². The minimum atomic E-state index is -0.697. The largest absolute Gasteiger partial charge is 0.463 e. The van der Waals surface area contributed by atoms with Gasteiger partial charge >= 0.3 is 18.0 Å². The van der Waals surface area contributed by atoms with Crippen LogP contribution in [0.5, 0.6) is 0 Å². The molecule has 8 nitrogen and oxygen atoms in total. The van der Waals surface area contributed by atoms with Crippen molar-refractivity contribution < 1.29 is 19.1 Å². The van der Waals surface area contributed by atoms with E-state index in [1.807, 2.05) is 25.1 Å². The van der Waals surface area contributed by atoms with Gasteiger partial charge in [-0.2, -0.15) is 0 Å². The second-order valence-corrected chi connectivity index (χ2v) is 8.29. The quantitative estimate of drug-likeness (QED) is 0.430. The zero-order chi connectivity index (χ0) is 24.0. The number of urea groups is 2. The topological polar surface area (TPSA) is 99.8 Å².